The van der Waals surface area contributed by atoms with Crippen LogP contribution >= 0.6 is 0 Å². The van der Waals surface area contributed by atoms with E-state index in [-0.39, 0.29) is 0 Å². The lowest BCUT2D eigenvalue weighted by atomic mass is 10.0. The van der Waals surface area contributed by atoms with Crippen molar-refractivity contribution in [3.8, 4) is 16.9 Å². The van der Waals surface area contributed by atoms with Gasteiger partial charge in [-0.3, -0.25) is 0 Å². The van der Waals surface area contributed by atoms with E-state index in [0.717, 1.165) is 23.1 Å². The lowest BCUT2D eigenvalue weighted by Gasteiger charge is -2.06. The molecule has 0 spiro atoms. The highest BCUT2D eigenvalue weighted by atomic mass is 16.3. The Hall–Kier alpha value is -1.76. The quantitative estimate of drug-likeness (QED) is 0.799. The van der Waals surface area contributed by atoms with Gasteiger partial charge in [0.1, 0.15) is 5.75 Å². The molecule has 0 radical (unpaired) electrons. The van der Waals surface area contributed by atoms with E-state index in [4.69, 9.17) is 0 Å². The van der Waals surface area contributed by atoms with Crippen LogP contribution in [-0.4, -0.2) is 5.11 Å². The fourth-order valence-corrected chi connectivity index (χ4v) is 1.81. The second-order valence-corrected chi connectivity index (χ2v) is 4.07. The van der Waals surface area contributed by atoms with Crippen molar-refractivity contribution in [2.75, 3.05) is 0 Å². The van der Waals surface area contributed by atoms with Gasteiger partial charge in [0.25, 0.3) is 0 Å². The molecule has 1 nitrogen and oxygen atoms in total. The molecular weight excluding hydrogens is 196 g/mol. The number of phenols is 1. The first kappa shape index (κ1) is 10.7. The van der Waals surface area contributed by atoms with Crippen molar-refractivity contribution >= 4 is 0 Å². The Bertz CT molecular complexity index is 483. The summed E-state index contributed by atoms with van der Waals surface area (Å²) < 4.78 is 0. The van der Waals surface area contributed by atoms with Crippen LogP contribution in [0.5, 0.6) is 5.75 Å². The predicted octanol–water partition coefficient (Wildman–Crippen LogP) is 3.93. The molecule has 0 amide bonds. The summed E-state index contributed by atoms with van der Waals surface area (Å²) in [5.74, 6) is 0.351. The van der Waals surface area contributed by atoms with E-state index >= 15 is 0 Å². The molecule has 0 aromatic heterocycles. The molecule has 0 bridgehead atoms. The third-order valence-electron chi connectivity index (χ3n) is 2.83. The molecule has 1 heteroatoms. The normalized spacial score (nSPS) is 10.4. The number of hydrogen-bond donors (Lipinski definition) is 1. The molecule has 0 aliphatic carbocycles. The van der Waals surface area contributed by atoms with Gasteiger partial charge in [0.15, 0.2) is 0 Å². The van der Waals surface area contributed by atoms with Crippen LogP contribution in [0.4, 0.5) is 0 Å². The Morgan fingerprint density at radius 1 is 1.00 bits per heavy atom. The van der Waals surface area contributed by atoms with E-state index in [1.54, 1.807) is 6.07 Å². The third kappa shape index (κ3) is 2.08. The largest absolute Gasteiger partial charge is 0.507 e. The molecule has 0 saturated heterocycles. The molecule has 0 aliphatic heterocycles. The molecule has 0 saturated carbocycles. The summed E-state index contributed by atoms with van der Waals surface area (Å²) in [5, 5.41) is 9.87. The van der Waals surface area contributed by atoms with Crippen LogP contribution in [0.15, 0.2) is 42.5 Å². The third-order valence-corrected chi connectivity index (χ3v) is 2.83. The van der Waals surface area contributed by atoms with E-state index in [1.807, 2.05) is 19.1 Å². The molecule has 2 rings (SSSR count). The molecule has 2 aromatic carbocycles. The zero-order valence-electron chi connectivity index (χ0n) is 9.70. The Morgan fingerprint density at radius 2 is 1.69 bits per heavy atom. The van der Waals surface area contributed by atoms with Crippen molar-refractivity contribution in [2.45, 2.75) is 20.3 Å². The van der Waals surface area contributed by atoms with Gasteiger partial charge in [-0.05, 0) is 36.1 Å². The van der Waals surface area contributed by atoms with Gasteiger partial charge in [-0.15, -0.1) is 0 Å². The van der Waals surface area contributed by atoms with Crippen molar-refractivity contribution < 1.29 is 5.11 Å². The van der Waals surface area contributed by atoms with Gasteiger partial charge < -0.3 is 5.11 Å². The number of phenolic OH excluding ortho intramolecular Hbond substituents is 1. The summed E-state index contributed by atoms with van der Waals surface area (Å²) in [5.41, 5.74) is 4.35. The standard InChI is InChI=1S/C15H16O/c1-3-12-5-7-13(8-6-12)14-9-4-11(2)10-15(14)16/h4-10,16H,3H2,1-2H3. The maximum atomic E-state index is 9.87. The monoisotopic (exact) mass is 212 g/mol. The van der Waals surface area contributed by atoms with E-state index in [0.29, 0.717) is 5.75 Å². The minimum Gasteiger partial charge on any atom is -0.507 e. The van der Waals surface area contributed by atoms with Crippen molar-refractivity contribution in [3.63, 3.8) is 0 Å². The number of benzene rings is 2. The number of hydrogen-bond acceptors (Lipinski definition) is 1. The van der Waals surface area contributed by atoms with Gasteiger partial charge in [0.05, 0.1) is 0 Å². The van der Waals surface area contributed by atoms with Crippen molar-refractivity contribution in [1.82, 2.24) is 0 Å². The van der Waals surface area contributed by atoms with Crippen LogP contribution in [0, 0.1) is 6.92 Å². The van der Waals surface area contributed by atoms with Gasteiger partial charge in [-0.2, -0.15) is 0 Å². The highest BCUT2D eigenvalue weighted by molar-refractivity contribution is 5.70. The lowest BCUT2D eigenvalue weighted by Crippen LogP contribution is -1.83. The molecule has 0 atom stereocenters. The number of aromatic hydroxyl groups is 1. The van der Waals surface area contributed by atoms with Crippen molar-refractivity contribution in [2.24, 2.45) is 0 Å². The van der Waals surface area contributed by atoms with Crippen LogP contribution in [0.3, 0.4) is 0 Å². The molecule has 2 aromatic rings. The fraction of sp³-hybridized carbons (Fsp3) is 0.200. The van der Waals surface area contributed by atoms with Crippen LogP contribution in [0.1, 0.15) is 18.1 Å². The first-order valence-electron chi connectivity index (χ1n) is 5.59. The highest BCUT2D eigenvalue weighted by Crippen LogP contribution is 2.29. The van der Waals surface area contributed by atoms with Crippen molar-refractivity contribution in [3.05, 3.63) is 53.6 Å². The van der Waals surface area contributed by atoms with Crippen LogP contribution in [0.2, 0.25) is 0 Å². The minimum absolute atomic E-state index is 0.351. The fourth-order valence-electron chi connectivity index (χ4n) is 1.81. The van der Waals surface area contributed by atoms with Crippen LogP contribution < -0.4 is 0 Å². The summed E-state index contributed by atoms with van der Waals surface area (Å²) in [6, 6.07) is 14.1. The summed E-state index contributed by atoms with van der Waals surface area (Å²) in [6.45, 7) is 4.11. The minimum atomic E-state index is 0.351. The lowest BCUT2D eigenvalue weighted by molar-refractivity contribution is 0.477. The zero-order valence-corrected chi connectivity index (χ0v) is 9.70. The van der Waals surface area contributed by atoms with Gasteiger partial charge in [-0.25, -0.2) is 0 Å². The van der Waals surface area contributed by atoms with Gasteiger partial charge in [-0.1, -0.05) is 43.3 Å². The first-order chi connectivity index (χ1) is 7.70. The Kier molecular flexibility index (Phi) is 2.95. The van der Waals surface area contributed by atoms with Gasteiger partial charge >= 0.3 is 0 Å². The highest BCUT2D eigenvalue weighted by Gasteiger charge is 2.03. The van der Waals surface area contributed by atoms with Gasteiger partial charge in [0.2, 0.25) is 0 Å². The maximum Gasteiger partial charge on any atom is 0.123 e. The average molecular weight is 212 g/mol. The van der Waals surface area contributed by atoms with Gasteiger partial charge in [0, 0.05) is 5.56 Å². The molecule has 0 fully saturated rings. The molecule has 0 heterocycles. The molecule has 0 unspecified atom stereocenters. The molecule has 0 aliphatic rings. The summed E-state index contributed by atoms with van der Waals surface area (Å²) in [4.78, 5) is 0. The average Bonchev–Trinajstić information content (AvgIpc) is 2.29. The van der Waals surface area contributed by atoms with Crippen LogP contribution in [0.25, 0.3) is 11.1 Å². The SMILES string of the molecule is CCc1ccc(-c2ccc(C)cc2O)cc1. The Labute approximate surface area is 96.4 Å². The summed E-state index contributed by atoms with van der Waals surface area (Å²) in [6.07, 6.45) is 1.04. The molecule has 82 valence electrons. The molecular formula is C15H16O. The Morgan fingerprint density at radius 3 is 2.25 bits per heavy atom. The molecule has 1 N–H and O–H groups in total. The van der Waals surface area contributed by atoms with E-state index in [2.05, 4.69) is 31.2 Å². The first-order valence-corrected chi connectivity index (χ1v) is 5.59. The van der Waals surface area contributed by atoms with Crippen molar-refractivity contribution in [1.29, 1.82) is 0 Å². The smallest absolute Gasteiger partial charge is 0.123 e. The summed E-state index contributed by atoms with van der Waals surface area (Å²) >= 11 is 0. The number of rotatable bonds is 2. The van der Waals surface area contributed by atoms with Crippen LogP contribution in [-0.2, 0) is 6.42 Å². The topological polar surface area (TPSA) is 20.2 Å². The van der Waals surface area contributed by atoms with E-state index < -0.39 is 0 Å². The summed E-state index contributed by atoms with van der Waals surface area (Å²) in [7, 11) is 0. The van der Waals surface area contributed by atoms with E-state index in [9.17, 15) is 5.11 Å². The molecule has 16 heavy (non-hydrogen) atoms. The second-order valence-electron chi connectivity index (χ2n) is 4.07. The zero-order chi connectivity index (χ0) is 11.5. The maximum absolute atomic E-state index is 9.87. The predicted molar refractivity (Wildman–Crippen MR) is 67.7 cm³/mol. The second kappa shape index (κ2) is 4.40. The van der Waals surface area contributed by atoms with E-state index in [1.165, 1.54) is 5.56 Å². The number of aryl methyl sites for hydroxylation is 2. The Balaban J connectivity index is 2.42.